The van der Waals surface area contributed by atoms with Crippen molar-refractivity contribution in [1.29, 1.82) is 5.26 Å². The Hall–Kier alpha value is -1.24. The highest BCUT2D eigenvalue weighted by Gasteiger charge is 2.15. The second-order valence-corrected chi connectivity index (χ2v) is 5.16. The fraction of sp³-hybridized carbons (Fsp3) is 0.385. The van der Waals surface area contributed by atoms with Gasteiger partial charge in [0.25, 0.3) is 0 Å². The molecule has 1 amide bonds. The van der Waals surface area contributed by atoms with Crippen LogP contribution in [-0.4, -0.2) is 11.9 Å². The third kappa shape index (κ3) is 4.21. The van der Waals surface area contributed by atoms with E-state index in [9.17, 15) is 4.79 Å². The third-order valence-corrected chi connectivity index (χ3v) is 3.21. The molecule has 1 unspecified atom stereocenters. The van der Waals surface area contributed by atoms with Crippen LogP contribution in [-0.2, 0) is 11.2 Å². The minimum Gasteiger partial charge on any atom is -0.340 e. The van der Waals surface area contributed by atoms with Gasteiger partial charge in [0.2, 0.25) is 5.91 Å². The van der Waals surface area contributed by atoms with Crippen LogP contribution in [0.5, 0.6) is 0 Å². The smallest absolute Gasteiger partial charge is 0.225 e. The summed E-state index contributed by atoms with van der Waals surface area (Å²) in [6.07, 6.45) is 0.182. The van der Waals surface area contributed by atoms with E-state index >= 15 is 0 Å². The molecule has 0 aliphatic heterocycles. The van der Waals surface area contributed by atoms with Crippen LogP contribution < -0.4 is 5.32 Å². The van der Waals surface area contributed by atoms with Crippen molar-refractivity contribution < 1.29 is 4.79 Å². The lowest BCUT2D eigenvalue weighted by atomic mass is 10.1. The molecule has 0 radical (unpaired) electrons. The number of halogens is 2. The number of hydrogen-bond acceptors (Lipinski definition) is 2. The number of hydrogen-bond donors (Lipinski definition) is 1. The van der Waals surface area contributed by atoms with Crippen molar-refractivity contribution in [1.82, 2.24) is 5.32 Å². The second kappa shape index (κ2) is 6.63. The van der Waals surface area contributed by atoms with Crippen LogP contribution in [0.3, 0.4) is 0 Å². The van der Waals surface area contributed by atoms with Gasteiger partial charge in [0.05, 0.1) is 22.5 Å². The first kappa shape index (κ1) is 14.8. The first-order valence-corrected chi connectivity index (χ1v) is 6.32. The SMILES string of the molecule is CC(C)C(C#N)NC(=O)Cc1ccc(Cl)c(Cl)c1. The number of benzene rings is 1. The summed E-state index contributed by atoms with van der Waals surface area (Å²) in [5.41, 5.74) is 0.766. The first-order chi connectivity index (χ1) is 8.43. The Balaban J connectivity index is 2.65. The van der Waals surface area contributed by atoms with E-state index in [-0.39, 0.29) is 18.2 Å². The molecule has 0 aliphatic carbocycles. The van der Waals surface area contributed by atoms with Crippen LogP contribution >= 0.6 is 23.2 Å². The van der Waals surface area contributed by atoms with Gasteiger partial charge in [0, 0.05) is 0 Å². The number of nitriles is 1. The van der Waals surface area contributed by atoms with E-state index in [1.807, 2.05) is 13.8 Å². The summed E-state index contributed by atoms with van der Waals surface area (Å²) in [6.45, 7) is 3.76. The Labute approximate surface area is 117 Å². The predicted molar refractivity (Wildman–Crippen MR) is 72.5 cm³/mol. The maximum atomic E-state index is 11.7. The summed E-state index contributed by atoms with van der Waals surface area (Å²) < 4.78 is 0. The van der Waals surface area contributed by atoms with E-state index in [0.717, 1.165) is 5.56 Å². The maximum absolute atomic E-state index is 11.7. The molecule has 1 rings (SSSR count). The Kier molecular flexibility index (Phi) is 5.46. The minimum atomic E-state index is -0.472. The number of carbonyl (C=O) groups excluding carboxylic acids is 1. The molecule has 1 aromatic carbocycles. The molecule has 1 aromatic rings. The highest BCUT2D eigenvalue weighted by atomic mass is 35.5. The fourth-order valence-electron chi connectivity index (χ4n) is 1.41. The zero-order valence-electron chi connectivity index (χ0n) is 10.2. The molecular weight excluding hydrogens is 271 g/mol. The van der Waals surface area contributed by atoms with E-state index in [0.29, 0.717) is 10.0 Å². The second-order valence-electron chi connectivity index (χ2n) is 4.34. The molecule has 0 saturated carbocycles. The van der Waals surface area contributed by atoms with Crippen LogP contribution in [0.25, 0.3) is 0 Å². The molecule has 1 atom stereocenters. The fourth-order valence-corrected chi connectivity index (χ4v) is 1.73. The zero-order chi connectivity index (χ0) is 13.7. The molecule has 0 heterocycles. The number of rotatable bonds is 4. The van der Waals surface area contributed by atoms with Gasteiger partial charge in [0.15, 0.2) is 0 Å². The number of nitrogens with one attached hydrogen (secondary N) is 1. The first-order valence-electron chi connectivity index (χ1n) is 5.57. The van der Waals surface area contributed by atoms with Crippen LogP contribution in [0.15, 0.2) is 18.2 Å². The summed E-state index contributed by atoms with van der Waals surface area (Å²) in [4.78, 5) is 11.7. The quantitative estimate of drug-likeness (QED) is 0.923. The lowest BCUT2D eigenvalue weighted by molar-refractivity contribution is -0.121. The summed E-state index contributed by atoms with van der Waals surface area (Å²) in [5, 5.41) is 12.4. The van der Waals surface area contributed by atoms with Gasteiger partial charge in [-0.3, -0.25) is 4.79 Å². The molecule has 0 bridgehead atoms. The Morgan fingerprint density at radius 3 is 2.56 bits per heavy atom. The molecule has 3 nitrogen and oxygen atoms in total. The van der Waals surface area contributed by atoms with Gasteiger partial charge in [-0.1, -0.05) is 43.1 Å². The van der Waals surface area contributed by atoms with Crippen LogP contribution in [0.2, 0.25) is 10.0 Å². The molecule has 18 heavy (non-hydrogen) atoms. The normalized spacial score (nSPS) is 12.0. The standard InChI is InChI=1S/C13H14Cl2N2O/c1-8(2)12(7-16)17-13(18)6-9-3-4-10(14)11(15)5-9/h3-5,8,12H,6H2,1-2H3,(H,17,18). The summed E-state index contributed by atoms with van der Waals surface area (Å²) in [7, 11) is 0. The topological polar surface area (TPSA) is 52.9 Å². The minimum absolute atomic E-state index is 0.0766. The molecule has 5 heteroatoms. The molecule has 0 fully saturated rings. The average Bonchev–Trinajstić information content (AvgIpc) is 2.30. The molecule has 0 saturated heterocycles. The Morgan fingerprint density at radius 1 is 1.39 bits per heavy atom. The molecule has 96 valence electrons. The molecule has 0 aliphatic rings. The average molecular weight is 285 g/mol. The molecule has 0 aromatic heterocycles. The van der Waals surface area contributed by atoms with E-state index < -0.39 is 6.04 Å². The van der Waals surface area contributed by atoms with Crippen molar-refractivity contribution in [3.63, 3.8) is 0 Å². The number of carbonyl (C=O) groups is 1. The Bertz CT molecular complexity index is 480. The van der Waals surface area contributed by atoms with Crippen molar-refractivity contribution in [2.45, 2.75) is 26.3 Å². The van der Waals surface area contributed by atoms with Gasteiger partial charge >= 0.3 is 0 Å². The van der Waals surface area contributed by atoms with Gasteiger partial charge in [-0.15, -0.1) is 0 Å². The monoisotopic (exact) mass is 284 g/mol. The lowest BCUT2D eigenvalue weighted by Crippen LogP contribution is -2.38. The zero-order valence-corrected chi connectivity index (χ0v) is 11.7. The van der Waals surface area contributed by atoms with Gasteiger partial charge in [0.1, 0.15) is 6.04 Å². The number of nitrogens with zero attached hydrogens (tertiary/aromatic N) is 1. The molecule has 0 spiro atoms. The Morgan fingerprint density at radius 2 is 2.06 bits per heavy atom. The van der Waals surface area contributed by atoms with Crippen molar-refractivity contribution >= 4 is 29.1 Å². The van der Waals surface area contributed by atoms with Crippen molar-refractivity contribution in [2.24, 2.45) is 5.92 Å². The summed E-state index contributed by atoms with van der Waals surface area (Å²) in [6, 6.07) is 6.63. The van der Waals surface area contributed by atoms with E-state index in [1.165, 1.54) is 0 Å². The van der Waals surface area contributed by atoms with Crippen LogP contribution in [0, 0.1) is 17.2 Å². The molecule has 1 N–H and O–H groups in total. The van der Waals surface area contributed by atoms with Crippen molar-refractivity contribution in [3.8, 4) is 6.07 Å². The van der Waals surface area contributed by atoms with Gasteiger partial charge in [-0.05, 0) is 23.6 Å². The van der Waals surface area contributed by atoms with Gasteiger partial charge < -0.3 is 5.32 Å². The predicted octanol–water partition coefficient (Wildman–Crippen LogP) is 3.20. The van der Waals surface area contributed by atoms with E-state index in [4.69, 9.17) is 28.5 Å². The third-order valence-electron chi connectivity index (χ3n) is 2.47. The maximum Gasteiger partial charge on any atom is 0.225 e. The van der Waals surface area contributed by atoms with Crippen LogP contribution in [0.4, 0.5) is 0 Å². The lowest BCUT2D eigenvalue weighted by Gasteiger charge is -2.14. The van der Waals surface area contributed by atoms with Crippen molar-refractivity contribution in [2.75, 3.05) is 0 Å². The van der Waals surface area contributed by atoms with E-state index in [2.05, 4.69) is 11.4 Å². The molecular formula is C13H14Cl2N2O. The van der Waals surface area contributed by atoms with Crippen molar-refractivity contribution in [3.05, 3.63) is 33.8 Å². The summed E-state index contributed by atoms with van der Waals surface area (Å²) in [5.74, 6) is -0.124. The highest BCUT2D eigenvalue weighted by Crippen LogP contribution is 2.22. The summed E-state index contributed by atoms with van der Waals surface area (Å²) >= 11 is 11.7. The highest BCUT2D eigenvalue weighted by molar-refractivity contribution is 6.42. The van der Waals surface area contributed by atoms with Gasteiger partial charge in [-0.2, -0.15) is 5.26 Å². The van der Waals surface area contributed by atoms with Gasteiger partial charge in [-0.25, -0.2) is 0 Å². The largest absolute Gasteiger partial charge is 0.340 e. The van der Waals surface area contributed by atoms with E-state index in [1.54, 1.807) is 18.2 Å². The number of amides is 1. The van der Waals surface area contributed by atoms with Crippen LogP contribution in [0.1, 0.15) is 19.4 Å².